The van der Waals surface area contributed by atoms with Crippen LogP contribution in [-0.2, 0) is 11.3 Å². The first-order valence-corrected chi connectivity index (χ1v) is 7.24. The minimum Gasteiger partial charge on any atom is -0.480 e. The maximum Gasteiger partial charge on any atom is 0.347 e. The highest BCUT2D eigenvalue weighted by Crippen LogP contribution is 2.30. The van der Waals surface area contributed by atoms with E-state index < -0.39 is 29.3 Å². The van der Waals surface area contributed by atoms with E-state index in [1.807, 2.05) is 6.92 Å². The molecule has 8 heteroatoms. The van der Waals surface area contributed by atoms with Crippen molar-refractivity contribution in [3.63, 3.8) is 0 Å². The molecule has 23 heavy (non-hydrogen) atoms. The van der Waals surface area contributed by atoms with Gasteiger partial charge in [-0.2, -0.15) is 5.10 Å². The van der Waals surface area contributed by atoms with Gasteiger partial charge in [0.1, 0.15) is 23.5 Å². The van der Waals surface area contributed by atoms with Crippen LogP contribution in [0.4, 0.5) is 8.78 Å². The number of hydrogen-bond acceptors (Lipinski definition) is 3. The minimum atomic E-state index is -1.09. The molecule has 0 radical (unpaired) electrons. The van der Waals surface area contributed by atoms with E-state index in [1.54, 1.807) is 0 Å². The van der Waals surface area contributed by atoms with Gasteiger partial charge in [0.05, 0.1) is 6.54 Å². The monoisotopic (exact) mass is 323 g/mol. The van der Waals surface area contributed by atoms with E-state index in [1.165, 1.54) is 6.07 Å². The molecule has 2 aromatic rings. The third kappa shape index (κ3) is 2.64. The van der Waals surface area contributed by atoms with Crippen LogP contribution in [0.1, 0.15) is 43.1 Å². The van der Waals surface area contributed by atoms with Crippen LogP contribution in [0, 0.1) is 11.6 Å². The third-order valence-electron chi connectivity index (χ3n) is 4.14. The van der Waals surface area contributed by atoms with Crippen molar-refractivity contribution in [3.05, 3.63) is 51.7 Å². The quantitative estimate of drug-likeness (QED) is 0.936. The van der Waals surface area contributed by atoms with Gasteiger partial charge in [0.2, 0.25) is 0 Å². The second-order valence-electron chi connectivity index (χ2n) is 5.74. The Kier molecular flexibility index (Phi) is 3.75. The number of benzene rings is 1. The zero-order valence-corrected chi connectivity index (χ0v) is 12.4. The predicted molar refractivity (Wildman–Crippen MR) is 76.3 cm³/mol. The van der Waals surface area contributed by atoms with Gasteiger partial charge in [-0.3, -0.25) is 4.57 Å². The first-order valence-electron chi connectivity index (χ1n) is 7.24. The Morgan fingerprint density at radius 3 is 2.78 bits per heavy atom. The summed E-state index contributed by atoms with van der Waals surface area (Å²) in [6.45, 7) is 1.68. The highest BCUT2D eigenvalue weighted by atomic mass is 19.1. The predicted octanol–water partition coefficient (Wildman–Crippen LogP) is 1.89. The third-order valence-corrected chi connectivity index (χ3v) is 4.14. The molecule has 0 saturated carbocycles. The van der Waals surface area contributed by atoms with Gasteiger partial charge >= 0.3 is 11.7 Å². The molecule has 0 aliphatic carbocycles. The molecule has 122 valence electrons. The Balaban J connectivity index is 2.04. The zero-order valence-electron chi connectivity index (χ0n) is 12.4. The molecule has 0 spiro atoms. The summed E-state index contributed by atoms with van der Waals surface area (Å²) in [7, 11) is 0. The fourth-order valence-corrected chi connectivity index (χ4v) is 2.88. The van der Waals surface area contributed by atoms with Crippen LogP contribution in [-0.4, -0.2) is 25.4 Å². The molecule has 2 unspecified atom stereocenters. The summed E-state index contributed by atoms with van der Waals surface area (Å²) in [5.41, 5.74) is -0.480. The average molecular weight is 323 g/mol. The molecule has 0 amide bonds. The van der Waals surface area contributed by atoms with Gasteiger partial charge in [-0.15, -0.1) is 0 Å². The van der Waals surface area contributed by atoms with E-state index in [4.69, 9.17) is 0 Å². The van der Waals surface area contributed by atoms with Crippen molar-refractivity contribution in [1.82, 2.24) is 14.3 Å². The van der Waals surface area contributed by atoms with E-state index >= 15 is 0 Å². The van der Waals surface area contributed by atoms with Crippen molar-refractivity contribution in [2.75, 3.05) is 0 Å². The Bertz CT molecular complexity index is 828. The normalized spacial score (nSPS) is 20.3. The number of aliphatic carboxylic acids is 1. The van der Waals surface area contributed by atoms with Crippen LogP contribution < -0.4 is 5.69 Å². The molecular formula is C15H15F2N3O3. The first kappa shape index (κ1) is 15.4. The lowest BCUT2D eigenvalue weighted by atomic mass is 9.96. The van der Waals surface area contributed by atoms with Crippen molar-refractivity contribution < 1.29 is 18.7 Å². The van der Waals surface area contributed by atoms with Crippen molar-refractivity contribution in [1.29, 1.82) is 0 Å². The van der Waals surface area contributed by atoms with Crippen LogP contribution in [0.25, 0.3) is 0 Å². The Morgan fingerprint density at radius 1 is 1.39 bits per heavy atom. The number of rotatable bonds is 3. The van der Waals surface area contributed by atoms with Crippen molar-refractivity contribution >= 4 is 5.97 Å². The number of fused-ring (bicyclic) bond motifs is 1. The lowest BCUT2D eigenvalue weighted by Crippen LogP contribution is -2.35. The van der Waals surface area contributed by atoms with E-state index in [9.17, 15) is 23.5 Å². The minimum absolute atomic E-state index is 0.0578. The van der Waals surface area contributed by atoms with Crippen molar-refractivity contribution in [2.24, 2.45) is 0 Å². The number of aromatic nitrogens is 3. The van der Waals surface area contributed by atoms with Crippen LogP contribution in [0.15, 0.2) is 23.0 Å². The lowest BCUT2D eigenvalue weighted by Gasteiger charge is -2.23. The van der Waals surface area contributed by atoms with Gasteiger partial charge in [0.15, 0.2) is 0 Å². The first-order chi connectivity index (χ1) is 10.9. The highest BCUT2D eigenvalue weighted by molar-refractivity contribution is 5.72. The second-order valence-corrected chi connectivity index (χ2v) is 5.74. The maximum atomic E-state index is 13.7. The van der Waals surface area contributed by atoms with Crippen LogP contribution in [0.5, 0.6) is 0 Å². The molecule has 0 bridgehead atoms. The van der Waals surface area contributed by atoms with Crippen LogP contribution in [0.2, 0.25) is 0 Å². The average Bonchev–Trinajstić information content (AvgIpc) is 2.81. The smallest absolute Gasteiger partial charge is 0.347 e. The summed E-state index contributed by atoms with van der Waals surface area (Å²) in [5, 5.41) is 13.4. The molecule has 2 heterocycles. The van der Waals surface area contributed by atoms with E-state index in [0.717, 1.165) is 21.4 Å². The highest BCUT2D eigenvalue weighted by Gasteiger charge is 2.33. The van der Waals surface area contributed by atoms with E-state index in [2.05, 4.69) is 5.10 Å². The SMILES string of the molecule is CC1CCC(C(=O)O)n2c1nn(Cc1ccc(F)cc1F)c2=O. The summed E-state index contributed by atoms with van der Waals surface area (Å²) < 4.78 is 28.9. The fraction of sp³-hybridized carbons (Fsp3) is 0.400. The molecule has 0 fully saturated rings. The maximum absolute atomic E-state index is 13.7. The Labute approximate surface area is 130 Å². The number of carboxylic acid groups (broad SMARTS) is 1. The molecular weight excluding hydrogens is 308 g/mol. The number of halogens is 2. The van der Waals surface area contributed by atoms with Crippen molar-refractivity contribution in [2.45, 2.75) is 38.3 Å². The molecule has 2 atom stereocenters. The van der Waals surface area contributed by atoms with E-state index in [-0.39, 0.29) is 18.0 Å². The summed E-state index contributed by atoms with van der Waals surface area (Å²) >= 11 is 0. The van der Waals surface area contributed by atoms with Crippen LogP contribution in [0.3, 0.4) is 0 Å². The van der Waals surface area contributed by atoms with Gasteiger partial charge in [-0.1, -0.05) is 13.0 Å². The van der Waals surface area contributed by atoms with Gasteiger partial charge in [0.25, 0.3) is 0 Å². The number of hydrogen-bond donors (Lipinski definition) is 1. The number of carbonyl (C=O) groups is 1. The molecule has 6 nitrogen and oxygen atoms in total. The molecule has 3 rings (SSSR count). The number of carboxylic acids is 1. The molecule has 1 N–H and O–H groups in total. The zero-order chi connectivity index (χ0) is 16.7. The largest absolute Gasteiger partial charge is 0.480 e. The molecule has 1 aromatic heterocycles. The Morgan fingerprint density at radius 2 is 2.13 bits per heavy atom. The molecule has 1 aliphatic heterocycles. The lowest BCUT2D eigenvalue weighted by molar-refractivity contribution is -0.141. The molecule has 1 aromatic carbocycles. The number of nitrogens with zero attached hydrogens (tertiary/aromatic N) is 3. The summed E-state index contributed by atoms with van der Waals surface area (Å²) in [5.74, 6) is -2.24. The van der Waals surface area contributed by atoms with E-state index in [0.29, 0.717) is 18.7 Å². The van der Waals surface area contributed by atoms with Gasteiger partial charge in [-0.25, -0.2) is 23.1 Å². The summed E-state index contributed by atoms with van der Waals surface area (Å²) in [4.78, 5) is 23.8. The summed E-state index contributed by atoms with van der Waals surface area (Å²) in [6.07, 6.45) is 0.957. The molecule has 0 saturated heterocycles. The van der Waals surface area contributed by atoms with Crippen LogP contribution >= 0.6 is 0 Å². The second kappa shape index (κ2) is 5.60. The van der Waals surface area contributed by atoms with Gasteiger partial charge in [0, 0.05) is 17.5 Å². The standard InChI is InChI=1S/C15H15F2N3O3/c1-8-2-5-12(14(21)22)20-13(8)18-19(15(20)23)7-9-3-4-10(16)6-11(9)17/h3-4,6,8,12H,2,5,7H2,1H3,(H,21,22). The van der Waals surface area contributed by atoms with Gasteiger partial charge in [-0.05, 0) is 18.9 Å². The fourth-order valence-electron chi connectivity index (χ4n) is 2.88. The topological polar surface area (TPSA) is 77.1 Å². The molecule has 1 aliphatic rings. The van der Waals surface area contributed by atoms with Gasteiger partial charge < -0.3 is 5.11 Å². The van der Waals surface area contributed by atoms with Crippen molar-refractivity contribution in [3.8, 4) is 0 Å². The Hall–Kier alpha value is -2.51. The summed E-state index contributed by atoms with van der Waals surface area (Å²) in [6, 6.07) is 2.12.